The molecule has 0 heterocycles. The van der Waals surface area contributed by atoms with Crippen LogP contribution in [0.2, 0.25) is 0 Å². The van der Waals surface area contributed by atoms with Gasteiger partial charge in [-0.1, -0.05) is 31.2 Å². The van der Waals surface area contributed by atoms with Gasteiger partial charge in [0.05, 0.1) is 19.1 Å². The van der Waals surface area contributed by atoms with Crippen LogP contribution in [0.1, 0.15) is 37.3 Å². The maximum absolute atomic E-state index is 13.3. The number of carbonyl (C=O) groups excluding carboxylic acids is 2. The number of rotatable bonds is 12. The van der Waals surface area contributed by atoms with Crippen LogP contribution in [-0.2, 0) is 26.2 Å². The molecule has 0 bridgehead atoms. The molecule has 0 aromatic heterocycles. The molecule has 1 atom stereocenters. The number of aryl methyl sites for hydroxylation is 1. The highest BCUT2D eigenvalue weighted by atomic mass is 32.2. The molecule has 34 heavy (non-hydrogen) atoms. The number of nitrogens with zero attached hydrogens (tertiary/aromatic N) is 2. The molecule has 0 spiro atoms. The lowest BCUT2D eigenvalue weighted by atomic mass is 10.1. The summed E-state index contributed by atoms with van der Waals surface area (Å²) in [7, 11) is -0.447. The molecule has 8 nitrogen and oxygen atoms in total. The lowest BCUT2D eigenvalue weighted by molar-refractivity contribution is -0.141. The Kier molecular flexibility index (Phi) is 9.92. The van der Waals surface area contributed by atoms with Gasteiger partial charge in [-0.15, -0.1) is 0 Å². The van der Waals surface area contributed by atoms with Crippen molar-refractivity contribution in [1.29, 1.82) is 0 Å². The van der Waals surface area contributed by atoms with E-state index < -0.39 is 16.1 Å². The van der Waals surface area contributed by atoms with Crippen molar-refractivity contribution >= 4 is 27.5 Å². The highest BCUT2D eigenvalue weighted by molar-refractivity contribution is 7.92. The molecular formula is C25H35N3O5S. The van der Waals surface area contributed by atoms with Gasteiger partial charge in [-0.05, 0) is 55.2 Å². The van der Waals surface area contributed by atoms with E-state index in [1.807, 2.05) is 38.1 Å². The van der Waals surface area contributed by atoms with E-state index in [1.54, 1.807) is 43.3 Å². The summed E-state index contributed by atoms with van der Waals surface area (Å²) in [6.07, 6.45) is 2.04. The highest BCUT2D eigenvalue weighted by Gasteiger charge is 2.28. The number of hydrogen-bond acceptors (Lipinski definition) is 5. The summed E-state index contributed by atoms with van der Waals surface area (Å²) in [6.45, 7) is 4.29. The van der Waals surface area contributed by atoms with Crippen molar-refractivity contribution in [3.05, 3.63) is 59.7 Å². The first-order valence-corrected chi connectivity index (χ1v) is 13.1. The minimum atomic E-state index is -3.54. The van der Waals surface area contributed by atoms with Crippen molar-refractivity contribution in [2.75, 3.05) is 31.3 Å². The van der Waals surface area contributed by atoms with Gasteiger partial charge in [0.1, 0.15) is 11.8 Å². The van der Waals surface area contributed by atoms with Crippen LogP contribution in [0, 0.1) is 6.92 Å². The molecule has 2 aromatic rings. The van der Waals surface area contributed by atoms with Gasteiger partial charge in [0, 0.05) is 26.6 Å². The molecule has 0 radical (unpaired) electrons. The normalized spacial score (nSPS) is 12.0. The van der Waals surface area contributed by atoms with Crippen molar-refractivity contribution in [2.24, 2.45) is 0 Å². The first-order valence-electron chi connectivity index (χ1n) is 11.3. The first kappa shape index (κ1) is 27.2. The standard InChI is InChI=1S/C25H35N3O5S/c1-6-23(25(30)26-3)27(18-20-11-8-7-10-19(20)2)24(29)12-9-17-28(34(5,31)32)21-13-15-22(33-4)16-14-21/h7-8,10-11,13-16,23H,6,9,12,17-18H2,1-5H3,(H,26,30)/t23-/m0/s1. The number of nitrogens with one attached hydrogen (secondary N) is 1. The van der Waals surface area contributed by atoms with Gasteiger partial charge in [0.25, 0.3) is 0 Å². The van der Waals surface area contributed by atoms with Crippen LogP contribution in [0.4, 0.5) is 5.69 Å². The second-order valence-electron chi connectivity index (χ2n) is 8.12. The van der Waals surface area contributed by atoms with Gasteiger partial charge in [0.15, 0.2) is 0 Å². The second-order valence-corrected chi connectivity index (χ2v) is 10.0. The van der Waals surface area contributed by atoms with Gasteiger partial charge < -0.3 is 15.0 Å². The molecule has 186 valence electrons. The van der Waals surface area contributed by atoms with Crippen LogP contribution >= 0.6 is 0 Å². The number of benzene rings is 2. The van der Waals surface area contributed by atoms with E-state index in [2.05, 4.69) is 5.32 Å². The maximum Gasteiger partial charge on any atom is 0.242 e. The number of anilines is 1. The number of methoxy groups -OCH3 is 1. The number of sulfonamides is 1. The van der Waals surface area contributed by atoms with Crippen molar-refractivity contribution in [3.8, 4) is 5.75 Å². The molecule has 0 unspecified atom stereocenters. The molecule has 0 fully saturated rings. The van der Waals surface area contributed by atoms with Gasteiger partial charge in [-0.2, -0.15) is 0 Å². The topological polar surface area (TPSA) is 96.0 Å². The van der Waals surface area contributed by atoms with E-state index in [-0.39, 0.29) is 24.8 Å². The van der Waals surface area contributed by atoms with Crippen molar-refractivity contribution in [3.63, 3.8) is 0 Å². The van der Waals surface area contributed by atoms with E-state index in [1.165, 1.54) is 4.31 Å². The summed E-state index contributed by atoms with van der Waals surface area (Å²) in [4.78, 5) is 27.4. The highest BCUT2D eigenvalue weighted by Crippen LogP contribution is 2.23. The third-order valence-electron chi connectivity index (χ3n) is 5.75. The van der Waals surface area contributed by atoms with E-state index >= 15 is 0 Å². The van der Waals surface area contributed by atoms with E-state index in [0.29, 0.717) is 30.8 Å². The number of carbonyl (C=O) groups is 2. The number of hydrogen-bond donors (Lipinski definition) is 1. The second kappa shape index (κ2) is 12.4. The lowest BCUT2D eigenvalue weighted by Gasteiger charge is -2.31. The van der Waals surface area contributed by atoms with Crippen molar-refractivity contribution in [1.82, 2.24) is 10.2 Å². The Bertz CT molecular complexity index is 1070. The zero-order valence-corrected chi connectivity index (χ0v) is 21.4. The quantitative estimate of drug-likeness (QED) is 0.494. The first-order chi connectivity index (χ1) is 16.1. The van der Waals surface area contributed by atoms with E-state index in [0.717, 1.165) is 17.4 Å². The lowest BCUT2D eigenvalue weighted by Crippen LogP contribution is -2.48. The Balaban J connectivity index is 2.19. The minimum Gasteiger partial charge on any atom is -0.497 e. The Hall–Kier alpha value is -3.07. The number of amides is 2. The molecule has 9 heteroatoms. The Morgan fingerprint density at radius 2 is 1.74 bits per heavy atom. The Morgan fingerprint density at radius 1 is 1.09 bits per heavy atom. The van der Waals surface area contributed by atoms with E-state index in [4.69, 9.17) is 4.74 Å². The minimum absolute atomic E-state index is 0.113. The fraction of sp³-hybridized carbons (Fsp3) is 0.440. The van der Waals surface area contributed by atoms with Gasteiger partial charge in [-0.25, -0.2) is 8.42 Å². The zero-order valence-electron chi connectivity index (χ0n) is 20.6. The Labute approximate surface area is 202 Å². The van der Waals surface area contributed by atoms with Crippen LogP contribution in [0.15, 0.2) is 48.5 Å². The fourth-order valence-corrected chi connectivity index (χ4v) is 4.77. The molecular weight excluding hydrogens is 454 g/mol. The predicted octanol–water partition coefficient (Wildman–Crippen LogP) is 3.10. The molecule has 2 aromatic carbocycles. The van der Waals surface area contributed by atoms with Crippen LogP contribution < -0.4 is 14.4 Å². The SMILES string of the molecule is CC[C@@H](C(=O)NC)N(Cc1ccccc1C)C(=O)CCCN(c1ccc(OC)cc1)S(C)(=O)=O. The largest absolute Gasteiger partial charge is 0.497 e. The average Bonchev–Trinajstić information content (AvgIpc) is 2.81. The third-order valence-corrected chi connectivity index (χ3v) is 6.94. The maximum atomic E-state index is 13.3. The summed E-state index contributed by atoms with van der Waals surface area (Å²) in [5.74, 6) is 0.210. The van der Waals surface area contributed by atoms with Gasteiger partial charge in [-0.3, -0.25) is 13.9 Å². The van der Waals surface area contributed by atoms with Crippen LogP contribution in [0.5, 0.6) is 5.75 Å². The monoisotopic (exact) mass is 489 g/mol. The van der Waals surface area contributed by atoms with Gasteiger partial charge >= 0.3 is 0 Å². The number of likely N-dealkylation sites (N-methyl/N-ethyl adjacent to an activating group) is 1. The van der Waals surface area contributed by atoms with Crippen molar-refractivity contribution < 1.29 is 22.7 Å². The number of ether oxygens (including phenoxy) is 1. The molecule has 2 amide bonds. The molecule has 0 saturated carbocycles. The molecule has 0 aliphatic rings. The van der Waals surface area contributed by atoms with Gasteiger partial charge in [0.2, 0.25) is 21.8 Å². The third kappa shape index (κ3) is 7.21. The molecule has 0 aliphatic carbocycles. The predicted molar refractivity (Wildman–Crippen MR) is 134 cm³/mol. The molecule has 1 N–H and O–H groups in total. The zero-order chi connectivity index (χ0) is 25.3. The fourth-order valence-electron chi connectivity index (χ4n) is 3.81. The van der Waals surface area contributed by atoms with Crippen LogP contribution in [0.3, 0.4) is 0 Å². The van der Waals surface area contributed by atoms with Crippen molar-refractivity contribution in [2.45, 2.75) is 45.7 Å². The summed E-state index contributed by atoms with van der Waals surface area (Å²) in [5, 5.41) is 2.65. The summed E-state index contributed by atoms with van der Waals surface area (Å²) in [5.41, 5.74) is 2.51. The van der Waals surface area contributed by atoms with Crippen LogP contribution in [-0.4, -0.2) is 58.1 Å². The van der Waals surface area contributed by atoms with E-state index in [9.17, 15) is 18.0 Å². The summed E-state index contributed by atoms with van der Waals surface area (Å²) in [6, 6.07) is 13.9. The smallest absolute Gasteiger partial charge is 0.242 e. The summed E-state index contributed by atoms with van der Waals surface area (Å²) >= 11 is 0. The van der Waals surface area contributed by atoms with Crippen LogP contribution in [0.25, 0.3) is 0 Å². The molecule has 0 aliphatic heterocycles. The molecule has 2 rings (SSSR count). The molecule has 0 saturated heterocycles. The summed E-state index contributed by atoms with van der Waals surface area (Å²) < 4.78 is 31.2. The Morgan fingerprint density at radius 3 is 2.26 bits per heavy atom. The average molecular weight is 490 g/mol.